The molecule has 2 fully saturated rings. The van der Waals surface area contributed by atoms with Crippen LogP contribution >= 0.6 is 0 Å². The molecule has 20 heavy (non-hydrogen) atoms. The molecule has 112 valence electrons. The van der Waals surface area contributed by atoms with Crippen molar-refractivity contribution >= 4 is 0 Å². The summed E-state index contributed by atoms with van der Waals surface area (Å²) in [5.41, 5.74) is 0.422. The van der Waals surface area contributed by atoms with Gasteiger partial charge in [-0.25, -0.2) is 4.98 Å². The lowest BCUT2D eigenvalue weighted by Gasteiger charge is -2.49. The van der Waals surface area contributed by atoms with Gasteiger partial charge in [0.05, 0.1) is 0 Å². The predicted molar refractivity (Wildman–Crippen MR) is 79.5 cm³/mol. The molecule has 0 N–H and O–H groups in total. The third kappa shape index (κ3) is 3.04. The van der Waals surface area contributed by atoms with Crippen molar-refractivity contribution < 1.29 is 0 Å². The Bertz CT molecular complexity index is 388. The summed E-state index contributed by atoms with van der Waals surface area (Å²) in [5.74, 6) is 0. The molecule has 2 heterocycles. The van der Waals surface area contributed by atoms with Crippen molar-refractivity contribution in [2.24, 2.45) is 0 Å². The Labute approximate surface area is 122 Å². The zero-order chi connectivity index (χ0) is 13.8. The number of aromatic nitrogens is 3. The fourth-order valence-corrected chi connectivity index (χ4v) is 3.89. The van der Waals surface area contributed by atoms with Crippen LogP contribution in [0.2, 0.25) is 0 Å². The largest absolute Gasteiger partial charge is 0.304 e. The van der Waals surface area contributed by atoms with E-state index in [9.17, 15) is 0 Å². The Balaban J connectivity index is 1.67. The maximum Gasteiger partial charge on any atom is 0.137 e. The summed E-state index contributed by atoms with van der Waals surface area (Å²) in [5, 5.41) is 4.27. The molecule has 3 rings (SSSR count). The topological polar surface area (TPSA) is 37.2 Å². The molecule has 1 aliphatic heterocycles. The number of hydrogen-bond acceptors (Lipinski definition) is 4. The van der Waals surface area contributed by atoms with Crippen LogP contribution < -0.4 is 0 Å². The Morgan fingerprint density at radius 2 is 1.80 bits per heavy atom. The van der Waals surface area contributed by atoms with Gasteiger partial charge < -0.3 is 4.90 Å². The zero-order valence-corrected chi connectivity index (χ0v) is 12.7. The number of piperazine rings is 1. The molecule has 1 aromatic rings. The van der Waals surface area contributed by atoms with E-state index in [2.05, 4.69) is 26.9 Å². The highest BCUT2D eigenvalue weighted by molar-refractivity contribution is 4.94. The van der Waals surface area contributed by atoms with Gasteiger partial charge in [-0.2, -0.15) is 5.10 Å². The van der Waals surface area contributed by atoms with Crippen molar-refractivity contribution in [2.75, 3.05) is 33.2 Å². The van der Waals surface area contributed by atoms with Crippen LogP contribution in [0.5, 0.6) is 0 Å². The van der Waals surface area contributed by atoms with Gasteiger partial charge in [0, 0.05) is 38.3 Å². The molecule has 5 nitrogen and oxygen atoms in total. The minimum Gasteiger partial charge on any atom is -0.304 e. The summed E-state index contributed by atoms with van der Waals surface area (Å²) in [6.45, 7) is 5.89. The molecule has 1 saturated heterocycles. The van der Waals surface area contributed by atoms with E-state index in [0.29, 0.717) is 5.54 Å². The summed E-state index contributed by atoms with van der Waals surface area (Å²) in [6, 6.07) is 0. The van der Waals surface area contributed by atoms with Crippen LogP contribution in [0.1, 0.15) is 38.5 Å². The average molecular weight is 277 g/mol. The second-order valence-electron chi connectivity index (χ2n) is 6.48. The number of nitrogens with zero attached hydrogens (tertiary/aromatic N) is 5. The Hall–Kier alpha value is -0.940. The second kappa shape index (κ2) is 6.22. The van der Waals surface area contributed by atoms with E-state index in [1.54, 1.807) is 6.33 Å². The number of rotatable bonds is 4. The SMILES string of the molecule is CN1CCN(C2(CCn3cncn3)CCCCC2)CC1. The van der Waals surface area contributed by atoms with E-state index in [4.69, 9.17) is 0 Å². The average Bonchev–Trinajstić information content (AvgIpc) is 3.00. The molecule has 0 atom stereocenters. The number of likely N-dealkylation sites (N-methyl/N-ethyl adjacent to an activating group) is 1. The number of aryl methyl sites for hydroxylation is 1. The quantitative estimate of drug-likeness (QED) is 0.838. The molecular formula is C15H27N5. The van der Waals surface area contributed by atoms with Crippen LogP contribution in [0.4, 0.5) is 0 Å². The van der Waals surface area contributed by atoms with E-state index in [1.807, 2.05) is 11.0 Å². The summed E-state index contributed by atoms with van der Waals surface area (Å²) >= 11 is 0. The molecule has 1 aliphatic carbocycles. The smallest absolute Gasteiger partial charge is 0.137 e. The van der Waals surface area contributed by atoms with E-state index < -0.39 is 0 Å². The number of hydrogen-bond donors (Lipinski definition) is 0. The standard InChI is InChI=1S/C15H27N5/c1-18-9-11-19(12-10-18)15(5-3-2-4-6-15)7-8-20-14-16-13-17-20/h13-14H,2-12H2,1H3. The first-order chi connectivity index (χ1) is 9.78. The van der Waals surface area contributed by atoms with Crippen LogP contribution in [0.15, 0.2) is 12.7 Å². The fourth-order valence-electron chi connectivity index (χ4n) is 3.89. The molecule has 2 aliphatic rings. The maximum atomic E-state index is 4.27. The summed E-state index contributed by atoms with van der Waals surface area (Å²) in [4.78, 5) is 9.29. The van der Waals surface area contributed by atoms with E-state index in [1.165, 1.54) is 64.7 Å². The van der Waals surface area contributed by atoms with Gasteiger partial charge in [-0.15, -0.1) is 0 Å². The van der Waals surface area contributed by atoms with Crippen molar-refractivity contribution in [1.82, 2.24) is 24.6 Å². The molecule has 0 aromatic carbocycles. The molecule has 0 unspecified atom stereocenters. The van der Waals surface area contributed by atoms with E-state index >= 15 is 0 Å². The van der Waals surface area contributed by atoms with Crippen molar-refractivity contribution in [3.63, 3.8) is 0 Å². The molecule has 5 heteroatoms. The third-order valence-electron chi connectivity index (χ3n) is 5.23. The lowest BCUT2D eigenvalue weighted by atomic mass is 9.77. The monoisotopic (exact) mass is 277 g/mol. The molecule has 0 amide bonds. The maximum absolute atomic E-state index is 4.27. The van der Waals surface area contributed by atoms with Crippen molar-refractivity contribution in [3.8, 4) is 0 Å². The van der Waals surface area contributed by atoms with Gasteiger partial charge in [0.25, 0.3) is 0 Å². The molecule has 1 aromatic heterocycles. The van der Waals surface area contributed by atoms with Crippen LogP contribution in [0.25, 0.3) is 0 Å². The van der Waals surface area contributed by atoms with Crippen molar-refractivity contribution in [3.05, 3.63) is 12.7 Å². The minimum atomic E-state index is 0.422. The summed E-state index contributed by atoms with van der Waals surface area (Å²) < 4.78 is 1.99. The van der Waals surface area contributed by atoms with Gasteiger partial charge >= 0.3 is 0 Å². The lowest BCUT2D eigenvalue weighted by Crippen LogP contribution is -2.57. The van der Waals surface area contributed by atoms with Gasteiger partial charge in [0.15, 0.2) is 0 Å². The minimum absolute atomic E-state index is 0.422. The summed E-state index contributed by atoms with van der Waals surface area (Å²) in [7, 11) is 2.24. The fraction of sp³-hybridized carbons (Fsp3) is 0.867. The normalized spacial score (nSPS) is 24.9. The van der Waals surface area contributed by atoms with Gasteiger partial charge in [-0.3, -0.25) is 9.58 Å². The first-order valence-electron chi connectivity index (χ1n) is 8.05. The zero-order valence-electron chi connectivity index (χ0n) is 12.7. The van der Waals surface area contributed by atoms with Crippen LogP contribution in [-0.4, -0.2) is 63.3 Å². The first kappa shape index (κ1) is 14.0. The molecule has 0 bridgehead atoms. The van der Waals surface area contributed by atoms with Crippen LogP contribution in [-0.2, 0) is 6.54 Å². The molecular weight excluding hydrogens is 250 g/mol. The highest BCUT2D eigenvalue weighted by Gasteiger charge is 2.38. The van der Waals surface area contributed by atoms with Crippen molar-refractivity contribution in [2.45, 2.75) is 50.6 Å². The second-order valence-corrected chi connectivity index (χ2v) is 6.48. The van der Waals surface area contributed by atoms with Gasteiger partial charge in [-0.05, 0) is 26.3 Å². The van der Waals surface area contributed by atoms with Crippen LogP contribution in [0, 0.1) is 0 Å². The van der Waals surface area contributed by atoms with Gasteiger partial charge in [-0.1, -0.05) is 19.3 Å². The predicted octanol–water partition coefficient (Wildman–Crippen LogP) is 1.62. The third-order valence-corrected chi connectivity index (χ3v) is 5.23. The molecule has 1 saturated carbocycles. The Morgan fingerprint density at radius 3 is 2.45 bits per heavy atom. The highest BCUT2D eigenvalue weighted by atomic mass is 15.3. The lowest BCUT2D eigenvalue weighted by molar-refractivity contribution is 0.00431. The van der Waals surface area contributed by atoms with Crippen LogP contribution in [0.3, 0.4) is 0 Å². The summed E-state index contributed by atoms with van der Waals surface area (Å²) in [6.07, 6.45) is 11.6. The van der Waals surface area contributed by atoms with Crippen molar-refractivity contribution in [1.29, 1.82) is 0 Å². The first-order valence-corrected chi connectivity index (χ1v) is 8.05. The molecule has 0 radical (unpaired) electrons. The van der Waals surface area contributed by atoms with Gasteiger partial charge in [0.2, 0.25) is 0 Å². The Kier molecular flexibility index (Phi) is 4.36. The molecule has 0 spiro atoms. The Morgan fingerprint density at radius 1 is 1.05 bits per heavy atom. The van der Waals surface area contributed by atoms with Gasteiger partial charge in [0.1, 0.15) is 12.7 Å². The van der Waals surface area contributed by atoms with E-state index in [-0.39, 0.29) is 0 Å². The highest BCUT2D eigenvalue weighted by Crippen LogP contribution is 2.37. The van der Waals surface area contributed by atoms with E-state index in [0.717, 1.165) is 6.54 Å².